The molecule has 0 bridgehead atoms. The van der Waals surface area contributed by atoms with Crippen molar-refractivity contribution >= 4 is 23.0 Å². The Balaban J connectivity index is 1.99. The van der Waals surface area contributed by atoms with Crippen LogP contribution >= 0.6 is 12.2 Å². The van der Waals surface area contributed by atoms with Gasteiger partial charge in [-0.1, -0.05) is 0 Å². The quantitative estimate of drug-likeness (QED) is 0.745. The number of thiocarbonyl (C=S) groups is 1. The van der Waals surface area contributed by atoms with Gasteiger partial charge in [0.15, 0.2) is 16.6 Å². The van der Waals surface area contributed by atoms with E-state index in [1.165, 1.54) is 0 Å². The molecule has 2 N–H and O–H groups in total. The second kappa shape index (κ2) is 8.35. The van der Waals surface area contributed by atoms with Gasteiger partial charge in [-0.25, -0.2) is 5.01 Å². The van der Waals surface area contributed by atoms with E-state index < -0.39 is 0 Å². The number of hydrogen-bond acceptors (Lipinski definition) is 6. The van der Waals surface area contributed by atoms with Crippen LogP contribution in [0.4, 0.5) is 0 Å². The highest BCUT2D eigenvalue weighted by molar-refractivity contribution is 7.80. The molecule has 0 radical (unpaired) electrons. The summed E-state index contributed by atoms with van der Waals surface area (Å²) < 4.78 is 21.6. The van der Waals surface area contributed by atoms with Gasteiger partial charge in [-0.15, -0.1) is 0 Å². The highest BCUT2D eigenvalue weighted by atomic mass is 32.1. The van der Waals surface area contributed by atoms with Crippen molar-refractivity contribution in [2.45, 2.75) is 12.5 Å². The maximum atomic E-state index is 5.95. The summed E-state index contributed by atoms with van der Waals surface area (Å²) in [5.74, 6) is 2.45. The van der Waals surface area contributed by atoms with Crippen LogP contribution in [0.15, 0.2) is 41.5 Å². The Morgan fingerprint density at radius 3 is 2.07 bits per heavy atom. The number of rotatable bonds is 6. The average molecular weight is 401 g/mol. The van der Waals surface area contributed by atoms with Crippen molar-refractivity contribution in [3.8, 4) is 23.0 Å². The highest BCUT2D eigenvalue weighted by Crippen LogP contribution is 2.43. The fraction of sp³-hybridized carbons (Fsp3) is 0.300. The van der Waals surface area contributed by atoms with Crippen molar-refractivity contribution in [2.24, 2.45) is 10.8 Å². The van der Waals surface area contributed by atoms with Gasteiger partial charge in [0.25, 0.3) is 0 Å². The van der Waals surface area contributed by atoms with Crippen LogP contribution in [0, 0.1) is 0 Å². The number of nitrogens with zero attached hydrogens (tertiary/aromatic N) is 2. The number of nitrogens with two attached hydrogens (primary N) is 1. The molecule has 2 aromatic carbocycles. The van der Waals surface area contributed by atoms with E-state index in [1.54, 1.807) is 33.4 Å². The zero-order valence-electron chi connectivity index (χ0n) is 16.3. The summed E-state index contributed by atoms with van der Waals surface area (Å²) in [5.41, 5.74) is 8.73. The average Bonchev–Trinajstić information content (AvgIpc) is 3.18. The van der Waals surface area contributed by atoms with Crippen LogP contribution < -0.4 is 24.7 Å². The molecule has 1 unspecified atom stereocenters. The third-order valence-electron chi connectivity index (χ3n) is 4.63. The molecule has 0 saturated heterocycles. The molecule has 0 aromatic heterocycles. The summed E-state index contributed by atoms with van der Waals surface area (Å²) in [4.78, 5) is 0. The topological polar surface area (TPSA) is 78.5 Å². The molecule has 2 aromatic rings. The van der Waals surface area contributed by atoms with E-state index in [9.17, 15) is 0 Å². The monoisotopic (exact) mass is 401 g/mol. The third-order valence-corrected chi connectivity index (χ3v) is 4.82. The summed E-state index contributed by atoms with van der Waals surface area (Å²) in [7, 11) is 6.37. The molecule has 3 rings (SSSR count). The molecule has 28 heavy (non-hydrogen) atoms. The van der Waals surface area contributed by atoms with Crippen LogP contribution in [-0.2, 0) is 0 Å². The fourth-order valence-electron chi connectivity index (χ4n) is 3.22. The van der Waals surface area contributed by atoms with Crippen LogP contribution in [0.1, 0.15) is 23.6 Å². The zero-order valence-corrected chi connectivity index (χ0v) is 17.1. The van der Waals surface area contributed by atoms with Crippen LogP contribution in [0.3, 0.4) is 0 Å². The zero-order chi connectivity index (χ0) is 20.3. The van der Waals surface area contributed by atoms with Gasteiger partial charge < -0.3 is 24.7 Å². The largest absolute Gasteiger partial charge is 0.497 e. The van der Waals surface area contributed by atoms with Gasteiger partial charge >= 0.3 is 0 Å². The minimum absolute atomic E-state index is 0.177. The normalized spacial score (nSPS) is 15.8. The first-order chi connectivity index (χ1) is 13.5. The van der Waals surface area contributed by atoms with Gasteiger partial charge in [0.1, 0.15) is 5.75 Å². The van der Waals surface area contributed by atoms with Gasteiger partial charge in [0.2, 0.25) is 5.75 Å². The standard InChI is InChI=1S/C20H23N3O4S/c1-24-14-7-5-12(6-8-14)15-11-16(23(22-15)20(21)28)13-9-17(25-2)19(27-4)18(10-13)26-3/h5-10,16H,11H2,1-4H3,(H2,21,28). The van der Waals surface area contributed by atoms with Crippen LogP contribution in [0.5, 0.6) is 23.0 Å². The first kappa shape index (κ1) is 19.8. The van der Waals surface area contributed by atoms with E-state index in [-0.39, 0.29) is 11.2 Å². The summed E-state index contributed by atoms with van der Waals surface area (Å²) in [6.07, 6.45) is 0.627. The fourth-order valence-corrected chi connectivity index (χ4v) is 3.39. The first-order valence-corrected chi connectivity index (χ1v) is 9.03. The van der Waals surface area contributed by atoms with Crippen LogP contribution in [0.25, 0.3) is 0 Å². The van der Waals surface area contributed by atoms with E-state index in [1.807, 2.05) is 36.4 Å². The lowest BCUT2D eigenvalue weighted by atomic mass is 9.97. The van der Waals surface area contributed by atoms with Crippen LogP contribution in [-0.4, -0.2) is 44.3 Å². The minimum atomic E-state index is -0.177. The molecule has 0 fully saturated rings. The molecule has 1 atom stereocenters. The molecule has 1 aliphatic rings. The Hall–Kier alpha value is -3.00. The smallest absolute Gasteiger partial charge is 0.203 e. The SMILES string of the molecule is COc1ccc(C2=NN(C(N)=S)C(c3cc(OC)c(OC)c(OC)c3)C2)cc1. The molecular formula is C20H23N3O4S. The maximum absolute atomic E-state index is 5.95. The number of ether oxygens (including phenoxy) is 4. The summed E-state index contributed by atoms with van der Waals surface area (Å²) in [5, 5.41) is 6.50. The van der Waals surface area contributed by atoms with E-state index in [4.69, 9.17) is 36.9 Å². The first-order valence-electron chi connectivity index (χ1n) is 8.62. The Morgan fingerprint density at radius 2 is 1.61 bits per heavy atom. The maximum Gasteiger partial charge on any atom is 0.203 e. The Labute approximate surface area is 169 Å². The van der Waals surface area contributed by atoms with Gasteiger partial charge in [-0.3, -0.25) is 0 Å². The van der Waals surface area contributed by atoms with Crippen molar-refractivity contribution in [1.29, 1.82) is 0 Å². The van der Waals surface area contributed by atoms with E-state index in [0.29, 0.717) is 23.7 Å². The van der Waals surface area contributed by atoms with Gasteiger partial charge in [-0.05, 0) is 59.7 Å². The van der Waals surface area contributed by atoms with Gasteiger partial charge in [0, 0.05) is 6.42 Å². The summed E-state index contributed by atoms with van der Waals surface area (Å²) in [6.45, 7) is 0. The lowest BCUT2D eigenvalue weighted by Gasteiger charge is -2.23. The van der Waals surface area contributed by atoms with Crippen molar-refractivity contribution in [3.63, 3.8) is 0 Å². The predicted molar refractivity (Wildman–Crippen MR) is 112 cm³/mol. The third kappa shape index (κ3) is 3.68. The lowest BCUT2D eigenvalue weighted by molar-refractivity contribution is 0.319. The van der Waals surface area contributed by atoms with Crippen molar-refractivity contribution < 1.29 is 18.9 Å². The summed E-state index contributed by atoms with van der Waals surface area (Å²) in [6, 6.07) is 11.3. The van der Waals surface area contributed by atoms with E-state index >= 15 is 0 Å². The number of hydrazone groups is 1. The Morgan fingerprint density at radius 1 is 1.00 bits per heavy atom. The molecule has 0 spiro atoms. The molecule has 1 aliphatic heterocycles. The van der Waals surface area contributed by atoms with Gasteiger partial charge in [-0.2, -0.15) is 5.10 Å². The van der Waals surface area contributed by atoms with Crippen molar-refractivity contribution in [3.05, 3.63) is 47.5 Å². The lowest BCUT2D eigenvalue weighted by Crippen LogP contribution is -2.31. The molecule has 1 heterocycles. The van der Waals surface area contributed by atoms with Crippen molar-refractivity contribution in [1.82, 2.24) is 5.01 Å². The molecule has 0 saturated carbocycles. The van der Waals surface area contributed by atoms with E-state index in [0.717, 1.165) is 22.6 Å². The van der Waals surface area contributed by atoms with Gasteiger partial charge in [0.05, 0.1) is 40.2 Å². The molecule has 0 amide bonds. The molecular weight excluding hydrogens is 378 g/mol. The molecule has 0 aliphatic carbocycles. The second-order valence-electron chi connectivity index (χ2n) is 6.14. The van der Waals surface area contributed by atoms with Crippen molar-refractivity contribution in [2.75, 3.05) is 28.4 Å². The molecule has 148 valence electrons. The Kier molecular flexibility index (Phi) is 5.89. The minimum Gasteiger partial charge on any atom is -0.497 e. The Bertz CT molecular complexity index is 874. The molecule has 7 nitrogen and oxygen atoms in total. The van der Waals surface area contributed by atoms with E-state index in [2.05, 4.69) is 5.10 Å². The highest BCUT2D eigenvalue weighted by Gasteiger charge is 2.32. The summed E-state index contributed by atoms with van der Waals surface area (Å²) >= 11 is 5.24. The van der Waals surface area contributed by atoms with Crippen LogP contribution in [0.2, 0.25) is 0 Å². The number of benzene rings is 2. The number of hydrogen-bond donors (Lipinski definition) is 1. The molecule has 8 heteroatoms. The second-order valence-corrected chi connectivity index (χ2v) is 6.55. The number of methoxy groups -OCH3 is 4. The predicted octanol–water partition coefficient (Wildman–Crippen LogP) is 3.12.